The molecule has 0 bridgehead atoms. The highest BCUT2D eigenvalue weighted by molar-refractivity contribution is 6.07. The van der Waals surface area contributed by atoms with Crippen molar-refractivity contribution in [1.29, 1.82) is 0 Å². The van der Waals surface area contributed by atoms with Crippen molar-refractivity contribution in [3.05, 3.63) is 82.4 Å². The molecule has 4 rings (SSSR count). The molecule has 0 unspecified atom stereocenters. The van der Waals surface area contributed by atoms with Crippen molar-refractivity contribution in [3.8, 4) is 11.1 Å². The molecular formula is C36H41F7N4O2. The summed E-state index contributed by atoms with van der Waals surface area (Å²) < 4.78 is 102. The molecule has 13 heteroatoms. The summed E-state index contributed by atoms with van der Waals surface area (Å²) in [7, 11) is 1.90. The van der Waals surface area contributed by atoms with E-state index in [1.54, 1.807) is 18.7 Å². The second-order valence-corrected chi connectivity index (χ2v) is 14.6. The third-order valence-corrected chi connectivity index (χ3v) is 8.58. The first kappa shape index (κ1) is 37.7. The number of nitrogens with one attached hydrogen (secondary N) is 2. The molecule has 3 aromatic carbocycles. The minimum atomic E-state index is -5.08. The fourth-order valence-corrected chi connectivity index (χ4v) is 6.54. The molecule has 1 heterocycles. The Hall–Kier alpha value is -4.13. The van der Waals surface area contributed by atoms with Gasteiger partial charge in [0.2, 0.25) is 0 Å². The van der Waals surface area contributed by atoms with Crippen LogP contribution in [0.1, 0.15) is 81.2 Å². The van der Waals surface area contributed by atoms with E-state index in [0.29, 0.717) is 37.7 Å². The second-order valence-electron chi connectivity index (χ2n) is 14.6. The van der Waals surface area contributed by atoms with Crippen LogP contribution in [0.3, 0.4) is 0 Å². The number of carbonyl (C=O) groups is 2. The number of nitrogens with zero attached hydrogens (tertiary/aromatic N) is 2. The van der Waals surface area contributed by atoms with Crippen LogP contribution in [-0.2, 0) is 6.18 Å². The minimum absolute atomic E-state index is 0.0536. The molecule has 2 amide bonds. The number of likely N-dealkylation sites (N-methyl/N-ethyl adjacent to an activating group) is 1. The molecule has 2 atom stereocenters. The second kappa shape index (κ2) is 13.6. The Morgan fingerprint density at radius 3 is 1.92 bits per heavy atom. The van der Waals surface area contributed by atoms with Crippen LogP contribution in [-0.4, -0.2) is 54.5 Å². The van der Waals surface area contributed by atoms with Crippen molar-refractivity contribution >= 4 is 23.2 Å². The topological polar surface area (TPSA) is 64.7 Å². The lowest BCUT2D eigenvalue weighted by Gasteiger charge is -2.44. The molecule has 0 saturated carbocycles. The van der Waals surface area contributed by atoms with Crippen LogP contribution >= 0.6 is 0 Å². The Balaban J connectivity index is 1.84. The Morgan fingerprint density at radius 1 is 0.776 bits per heavy atom. The van der Waals surface area contributed by atoms with Crippen LogP contribution < -0.4 is 15.5 Å². The van der Waals surface area contributed by atoms with Crippen molar-refractivity contribution < 1.29 is 40.3 Å². The van der Waals surface area contributed by atoms with Crippen LogP contribution in [0, 0.1) is 28.7 Å². The maximum atomic E-state index is 16.0. The van der Waals surface area contributed by atoms with Gasteiger partial charge >= 0.3 is 6.18 Å². The first-order valence-corrected chi connectivity index (χ1v) is 15.8. The van der Waals surface area contributed by atoms with E-state index in [4.69, 9.17) is 0 Å². The SMILES string of the molecule is C[C@@H]1CN(c2cc(F)c(-c3cc(C(=O)NC(C)(C)CC(C)(C)C)c(F)cc3F)cc2NC(=O)c2ccc(F)cc2C(F)(F)F)C[C@H](C)N1C. The number of anilines is 2. The van der Waals surface area contributed by atoms with E-state index in [2.05, 4.69) is 15.5 Å². The third-order valence-electron chi connectivity index (χ3n) is 8.58. The summed E-state index contributed by atoms with van der Waals surface area (Å²) >= 11 is 0. The van der Waals surface area contributed by atoms with Gasteiger partial charge in [0.05, 0.1) is 28.1 Å². The number of carbonyl (C=O) groups excluding carboxylic acids is 2. The number of alkyl halides is 3. The van der Waals surface area contributed by atoms with Gasteiger partial charge in [-0.1, -0.05) is 20.8 Å². The maximum Gasteiger partial charge on any atom is 0.417 e. The van der Waals surface area contributed by atoms with Crippen LogP contribution in [0.2, 0.25) is 0 Å². The fraction of sp³-hybridized carbons (Fsp3) is 0.444. The molecule has 0 aromatic heterocycles. The summed E-state index contributed by atoms with van der Waals surface area (Å²) in [5.74, 6) is -6.74. The van der Waals surface area contributed by atoms with Gasteiger partial charge in [0, 0.05) is 47.9 Å². The predicted octanol–water partition coefficient (Wildman–Crippen LogP) is 8.65. The van der Waals surface area contributed by atoms with Gasteiger partial charge in [0.1, 0.15) is 23.3 Å². The number of hydrogen-bond donors (Lipinski definition) is 2. The standard InChI is InChI=1S/C36H41F7N4O2/c1-19-16-47(17-20(2)46(19)8)31-15-29(40)24(13-30(31)44-32(48)22-10-9-21(37)11-26(22)36(41,42)43)23-12-25(28(39)14-27(23)38)33(49)45-35(6,7)18-34(3,4)5/h9-15,19-20H,16-18H2,1-8H3,(H,44,48)(H,45,49)/t19-,20+. The van der Waals surface area contributed by atoms with Gasteiger partial charge in [0.15, 0.2) is 0 Å². The summed E-state index contributed by atoms with van der Waals surface area (Å²) in [5.41, 5.74) is -5.06. The smallest absolute Gasteiger partial charge is 0.367 e. The lowest BCUT2D eigenvalue weighted by Crippen LogP contribution is -2.55. The molecule has 0 radical (unpaired) electrons. The predicted molar refractivity (Wildman–Crippen MR) is 176 cm³/mol. The highest BCUT2D eigenvalue weighted by Gasteiger charge is 2.37. The zero-order valence-electron chi connectivity index (χ0n) is 28.7. The summed E-state index contributed by atoms with van der Waals surface area (Å²) in [6.07, 6.45) is -4.57. The average Bonchev–Trinajstić information content (AvgIpc) is 2.94. The van der Waals surface area contributed by atoms with Crippen molar-refractivity contribution in [2.45, 2.75) is 78.7 Å². The van der Waals surface area contributed by atoms with Crippen molar-refractivity contribution in [1.82, 2.24) is 10.2 Å². The highest BCUT2D eigenvalue weighted by Crippen LogP contribution is 2.39. The summed E-state index contributed by atoms with van der Waals surface area (Å²) in [4.78, 5) is 30.5. The summed E-state index contributed by atoms with van der Waals surface area (Å²) in [5, 5.41) is 5.14. The average molecular weight is 695 g/mol. The molecule has 0 spiro atoms. The molecule has 0 aliphatic carbocycles. The largest absolute Gasteiger partial charge is 0.417 e. The molecule has 1 aliphatic heterocycles. The number of piperazine rings is 1. The monoisotopic (exact) mass is 694 g/mol. The maximum absolute atomic E-state index is 16.0. The molecule has 1 aliphatic rings. The van der Waals surface area contributed by atoms with E-state index in [1.165, 1.54) is 0 Å². The molecule has 6 nitrogen and oxygen atoms in total. The zero-order valence-corrected chi connectivity index (χ0v) is 28.7. The van der Waals surface area contributed by atoms with Crippen molar-refractivity contribution in [2.75, 3.05) is 30.4 Å². The van der Waals surface area contributed by atoms with Crippen LogP contribution in [0.15, 0.2) is 42.5 Å². The summed E-state index contributed by atoms with van der Waals surface area (Å²) in [6.45, 7) is 13.9. The number of rotatable bonds is 7. The van der Waals surface area contributed by atoms with Gasteiger partial charge in [0.25, 0.3) is 11.8 Å². The van der Waals surface area contributed by atoms with Gasteiger partial charge in [-0.2, -0.15) is 13.2 Å². The lowest BCUT2D eigenvalue weighted by molar-refractivity contribution is -0.138. The van der Waals surface area contributed by atoms with Crippen molar-refractivity contribution in [3.63, 3.8) is 0 Å². The van der Waals surface area contributed by atoms with E-state index in [0.717, 1.165) is 18.2 Å². The van der Waals surface area contributed by atoms with Crippen molar-refractivity contribution in [2.24, 2.45) is 5.41 Å². The highest BCUT2D eigenvalue weighted by atomic mass is 19.4. The van der Waals surface area contributed by atoms with Gasteiger partial charge in [-0.15, -0.1) is 0 Å². The molecule has 3 aromatic rings. The Morgan fingerprint density at radius 2 is 1.35 bits per heavy atom. The van der Waals surface area contributed by atoms with E-state index in [1.807, 2.05) is 41.7 Å². The van der Waals surface area contributed by atoms with Crippen LogP contribution in [0.25, 0.3) is 11.1 Å². The molecule has 1 saturated heterocycles. The van der Waals surface area contributed by atoms with Gasteiger partial charge in [-0.05, 0) is 83.0 Å². The third kappa shape index (κ3) is 8.73. The normalized spacial score (nSPS) is 17.7. The first-order valence-electron chi connectivity index (χ1n) is 15.8. The molecule has 1 fully saturated rings. The number of amides is 2. The van der Waals surface area contributed by atoms with Gasteiger partial charge in [-0.25, -0.2) is 17.6 Å². The molecule has 49 heavy (non-hydrogen) atoms. The lowest BCUT2D eigenvalue weighted by atomic mass is 9.81. The number of benzene rings is 3. The molecule has 266 valence electrons. The first-order chi connectivity index (χ1) is 22.5. The Bertz CT molecular complexity index is 1740. The van der Waals surface area contributed by atoms with E-state index in [9.17, 15) is 27.2 Å². The van der Waals surface area contributed by atoms with Gasteiger partial charge in [-0.3, -0.25) is 14.5 Å². The van der Waals surface area contributed by atoms with Crippen LogP contribution in [0.4, 0.5) is 42.1 Å². The van der Waals surface area contributed by atoms with E-state index < -0.39 is 74.6 Å². The number of hydrogen-bond acceptors (Lipinski definition) is 4. The Labute approximate surface area is 281 Å². The van der Waals surface area contributed by atoms with Crippen LogP contribution in [0.5, 0.6) is 0 Å². The quantitative estimate of drug-likeness (QED) is 0.243. The molecular weight excluding hydrogens is 653 g/mol. The van der Waals surface area contributed by atoms with E-state index in [-0.39, 0.29) is 34.9 Å². The van der Waals surface area contributed by atoms with E-state index >= 15 is 13.2 Å². The minimum Gasteiger partial charge on any atom is -0.367 e. The van der Waals surface area contributed by atoms with Gasteiger partial charge < -0.3 is 15.5 Å². The Kier molecular flexibility index (Phi) is 10.5. The molecule has 2 N–H and O–H groups in total. The fourth-order valence-electron chi connectivity index (χ4n) is 6.54. The zero-order chi connectivity index (χ0) is 36.8. The summed E-state index contributed by atoms with van der Waals surface area (Å²) in [6, 6.07) is 4.83. The number of halogens is 7.